The van der Waals surface area contributed by atoms with Crippen molar-refractivity contribution in [3.8, 4) is 11.3 Å². The van der Waals surface area contributed by atoms with Crippen molar-refractivity contribution in [2.24, 2.45) is 0 Å². The van der Waals surface area contributed by atoms with Crippen LogP contribution in [0.25, 0.3) is 11.3 Å². The fraction of sp³-hybridized carbons (Fsp3) is 0.353. The number of urea groups is 1. The Bertz CT molecular complexity index is 833. The average Bonchev–Trinajstić information content (AvgIpc) is 3.03. The van der Waals surface area contributed by atoms with E-state index >= 15 is 0 Å². The smallest absolute Gasteiger partial charge is 0.335 e. The first kappa shape index (κ1) is 16.9. The summed E-state index contributed by atoms with van der Waals surface area (Å²) >= 11 is 0. The number of nitrogens with zero attached hydrogens (tertiary/aromatic N) is 3. The van der Waals surface area contributed by atoms with Crippen LogP contribution in [0.1, 0.15) is 28.5 Å². The van der Waals surface area contributed by atoms with Crippen LogP contribution in [0.5, 0.6) is 0 Å². The number of halogens is 1. The number of fused-ring (bicyclic) bond motifs is 1. The van der Waals surface area contributed by atoms with Crippen LogP contribution in [-0.4, -0.2) is 57.2 Å². The van der Waals surface area contributed by atoms with E-state index in [0.717, 1.165) is 17.3 Å². The van der Waals surface area contributed by atoms with E-state index in [1.807, 2.05) is 6.92 Å². The molecule has 2 N–H and O–H groups in total. The number of carbonyl (C=O) groups excluding carboxylic acids is 1. The lowest BCUT2D eigenvalue weighted by Gasteiger charge is -2.30. The first-order valence-corrected chi connectivity index (χ1v) is 8.01. The number of aromatic nitrogens is 2. The van der Waals surface area contributed by atoms with Gasteiger partial charge >= 0.3 is 12.0 Å². The van der Waals surface area contributed by atoms with Crippen LogP contribution >= 0.6 is 0 Å². The van der Waals surface area contributed by atoms with E-state index in [-0.39, 0.29) is 17.2 Å². The van der Waals surface area contributed by atoms with Gasteiger partial charge in [-0.1, -0.05) is 0 Å². The Morgan fingerprint density at radius 3 is 2.84 bits per heavy atom. The predicted octanol–water partition coefficient (Wildman–Crippen LogP) is 2.34. The molecule has 2 amide bonds. The van der Waals surface area contributed by atoms with Crippen molar-refractivity contribution in [3.05, 3.63) is 40.8 Å². The Balaban J connectivity index is 1.88. The monoisotopic (exact) mass is 346 g/mol. The number of rotatable bonds is 3. The third-order valence-corrected chi connectivity index (χ3v) is 4.48. The summed E-state index contributed by atoms with van der Waals surface area (Å²) in [7, 11) is 1.75. The Morgan fingerprint density at radius 1 is 1.44 bits per heavy atom. The number of aromatic carboxylic acids is 1. The Hall–Kier alpha value is -2.90. The summed E-state index contributed by atoms with van der Waals surface area (Å²) in [6, 6.07) is 3.73. The van der Waals surface area contributed by atoms with Crippen LogP contribution < -0.4 is 0 Å². The van der Waals surface area contributed by atoms with Crippen molar-refractivity contribution in [2.45, 2.75) is 19.9 Å². The van der Waals surface area contributed by atoms with E-state index in [4.69, 9.17) is 5.11 Å². The molecule has 132 valence electrons. The van der Waals surface area contributed by atoms with Crippen molar-refractivity contribution in [3.63, 3.8) is 0 Å². The number of nitrogens with one attached hydrogen (secondary N) is 1. The molecule has 0 fully saturated rings. The van der Waals surface area contributed by atoms with Gasteiger partial charge in [0, 0.05) is 31.3 Å². The summed E-state index contributed by atoms with van der Waals surface area (Å²) in [4.78, 5) is 26.6. The molecule has 1 aromatic carbocycles. The quantitative estimate of drug-likeness (QED) is 0.893. The second kappa shape index (κ2) is 6.54. The summed E-state index contributed by atoms with van der Waals surface area (Å²) in [5.74, 6) is -1.80. The number of H-pyrrole nitrogens is 1. The van der Waals surface area contributed by atoms with Crippen molar-refractivity contribution < 1.29 is 19.1 Å². The zero-order valence-corrected chi connectivity index (χ0v) is 14.0. The minimum absolute atomic E-state index is 0.0544. The van der Waals surface area contributed by atoms with Gasteiger partial charge in [-0.05, 0) is 31.5 Å². The molecule has 2 heterocycles. The second-order valence-corrected chi connectivity index (χ2v) is 6.00. The van der Waals surface area contributed by atoms with Crippen LogP contribution in [0, 0.1) is 5.82 Å². The lowest BCUT2D eigenvalue weighted by Crippen LogP contribution is -2.43. The van der Waals surface area contributed by atoms with Gasteiger partial charge in [-0.3, -0.25) is 5.10 Å². The molecule has 0 bridgehead atoms. The molecule has 0 saturated carbocycles. The normalized spacial score (nSPS) is 13.5. The maximum Gasteiger partial charge on any atom is 0.335 e. The molecule has 8 heteroatoms. The van der Waals surface area contributed by atoms with Crippen LogP contribution in [0.3, 0.4) is 0 Å². The van der Waals surface area contributed by atoms with Crippen LogP contribution in [-0.2, 0) is 13.0 Å². The molecular weight excluding hydrogens is 327 g/mol. The van der Waals surface area contributed by atoms with E-state index in [2.05, 4.69) is 10.2 Å². The average molecular weight is 346 g/mol. The molecule has 25 heavy (non-hydrogen) atoms. The van der Waals surface area contributed by atoms with E-state index in [1.165, 1.54) is 12.1 Å². The maximum atomic E-state index is 14.3. The number of carboxylic acid groups (broad SMARTS) is 1. The number of aromatic amines is 1. The Labute approximate surface area is 144 Å². The van der Waals surface area contributed by atoms with Gasteiger partial charge in [0.2, 0.25) is 0 Å². The van der Waals surface area contributed by atoms with Gasteiger partial charge in [0.1, 0.15) is 5.82 Å². The molecule has 7 nitrogen and oxygen atoms in total. The highest BCUT2D eigenvalue weighted by Gasteiger charge is 2.27. The second-order valence-electron chi connectivity index (χ2n) is 6.00. The number of hydrogen-bond donors (Lipinski definition) is 2. The Kier molecular flexibility index (Phi) is 4.43. The molecule has 0 radical (unpaired) electrons. The van der Waals surface area contributed by atoms with Gasteiger partial charge in [-0.2, -0.15) is 5.10 Å². The molecule has 0 aliphatic carbocycles. The van der Waals surface area contributed by atoms with Crippen molar-refractivity contribution in [1.29, 1.82) is 0 Å². The predicted molar refractivity (Wildman–Crippen MR) is 88.8 cm³/mol. The zero-order chi connectivity index (χ0) is 18.1. The highest BCUT2D eigenvalue weighted by molar-refractivity contribution is 5.88. The van der Waals surface area contributed by atoms with Crippen molar-refractivity contribution in [1.82, 2.24) is 20.0 Å². The fourth-order valence-corrected chi connectivity index (χ4v) is 2.92. The summed E-state index contributed by atoms with van der Waals surface area (Å²) in [5.41, 5.74) is 2.27. The highest BCUT2D eigenvalue weighted by Crippen LogP contribution is 2.30. The molecule has 0 saturated heterocycles. The summed E-state index contributed by atoms with van der Waals surface area (Å²) in [6.45, 7) is 3.45. The first-order chi connectivity index (χ1) is 11.9. The molecule has 1 aliphatic heterocycles. The topological polar surface area (TPSA) is 89.5 Å². The van der Waals surface area contributed by atoms with E-state index in [0.29, 0.717) is 31.7 Å². The van der Waals surface area contributed by atoms with Gasteiger partial charge in [0.25, 0.3) is 0 Å². The van der Waals surface area contributed by atoms with E-state index in [1.54, 1.807) is 16.8 Å². The van der Waals surface area contributed by atoms with E-state index < -0.39 is 11.8 Å². The fourth-order valence-electron chi connectivity index (χ4n) is 2.92. The summed E-state index contributed by atoms with van der Waals surface area (Å²) in [6.07, 6.45) is 0.560. The largest absolute Gasteiger partial charge is 0.478 e. The van der Waals surface area contributed by atoms with Crippen LogP contribution in [0.2, 0.25) is 0 Å². The number of carboxylic acids is 1. The van der Waals surface area contributed by atoms with Gasteiger partial charge in [-0.25, -0.2) is 14.0 Å². The van der Waals surface area contributed by atoms with Gasteiger partial charge in [0.15, 0.2) is 0 Å². The van der Waals surface area contributed by atoms with Gasteiger partial charge < -0.3 is 14.9 Å². The standard InChI is InChI=1S/C17H19FN4O3/c1-3-21(2)17(25)22-7-6-12-14(9-22)19-20-15(12)11-5-4-10(16(23)24)8-13(11)18/h4-5,8H,3,6-7,9H2,1-2H3,(H,19,20)(H,23,24). The summed E-state index contributed by atoms with van der Waals surface area (Å²) < 4.78 is 14.3. The number of amides is 2. The van der Waals surface area contributed by atoms with Crippen molar-refractivity contribution >= 4 is 12.0 Å². The van der Waals surface area contributed by atoms with Gasteiger partial charge in [0.05, 0.1) is 23.5 Å². The lowest BCUT2D eigenvalue weighted by molar-refractivity contribution is 0.0696. The molecule has 1 aliphatic rings. The van der Waals surface area contributed by atoms with Crippen LogP contribution in [0.15, 0.2) is 18.2 Å². The minimum atomic E-state index is -1.18. The third-order valence-electron chi connectivity index (χ3n) is 4.48. The molecule has 0 spiro atoms. The third kappa shape index (κ3) is 3.07. The zero-order valence-electron chi connectivity index (χ0n) is 14.0. The van der Waals surface area contributed by atoms with E-state index in [9.17, 15) is 14.0 Å². The molecular formula is C17H19FN4O3. The molecule has 0 unspecified atom stereocenters. The van der Waals surface area contributed by atoms with Crippen molar-refractivity contribution in [2.75, 3.05) is 20.1 Å². The maximum absolute atomic E-state index is 14.3. The minimum Gasteiger partial charge on any atom is -0.478 e. The number of carbonyl (C=O) groups is 2. The number of benzene rings is 1. The van der Waals surface area contributed by atoms with Gasteiger partial charge in [-0.15, -0.1) is 0 Å². The highest BCUT2D eigenvalue weighted by atomic mass is 19.1. The lowest BCUT2D eigenvalue weighted by atomic mass is 9.99. The Morgan fingerprint density at radius 2 is 2.20 bits per heavy atom. The first-order valence-electron chi connectivity index (χ1n) is 8.01. The molecule has 0 atom stereocenters. The van der Waals surface area contributed by atoms with Crippen LogP contribution in [0.4, 0.5) is 9.18 Å². The summed E-state index contributed by atoms with van der Waals surface area (Å²) in [5, 5.41) is 16.0. The molecule has 2 aromatic rings. The molecule has 1 aromatic heterocycles. The number of hydrogen-bond acceptors (Lipinski definition) is 3. The molecule has 3 rings (SSSR count). The SMILES string of the molecule is CCN(C)C(=O)N1CCc2c(-c3ccc(C(=O)O)cc3F)n[nH]c2C1.